The Labute approximate surface area is 127 Å². The molecule has 1 aliphatic carbocycles. The molecule has 0 aromatic heterocycles. The SMILES string of the molecule is Cc1cc(C#N)ccc1S(=O)(=O)NC1CCCC(C)CC1. The van der Waals surface area contributed by atoms with Gasteiger partial charge in [-0.1, -0.05) is 19.8 Å². The summed E-state index contributed by atoms with van der Waals surface area (Å²) >= 11 is 0. The predicted molar refractivity (Wildman–Crippen MR) is 82.3 cm³/mol. The summed E-state index contributed by atoms with van der Waals surface area (Å²) in [6.45, 7) is 3.95. The fourth-order valence-electron chi connectivity index (χ4n) is 2.91. The van der Waals surface area contributed by atoms with Crippen molar-refractivity contribution in [2.24, 2.45) is 5.92 Å². The molecule has 1 saturated carbocycles. The number of nitrogens with one attached hydrogen (secondary N) is 1. The fraction of sp³-hybridized carbons (Fsp3) is 0.562. The molecule has 0 aliphatic heterocycles. The Morgan fingerprint density at radius 2 is 2.00 bits per heavy atom. The second-order valence-corrected chi connectivity index (χ2v) is 7.71. The molecule has 2 rings (SSSR count). The number of aryl methyl sites for hydroxylation is 1. The number of rotatable bonds is 3. The first-order valence-corrected chi connectivity index (χ1v) is 8.94. The van der Waals surface area contributed by atoms with Crippen LogP contribution in [0.2, 0.25) is 0 Å². The van der Waals surface area contributed by atoms with Gasteiger partial charge in [0, 0.05) is 6.04 Å². The van der Waals surface area contributed by atoms with Crippen LogP contribution >= 0.6 is 0 Å². The third kappa shape index (κ3) is 4.05. The average Bonchev–Trinajstić information content (AvgIpc) is 2.62. The van der Waals surface area contributed by atoms with E-state index in [0.717, 1.165) is 25.7 Å². The van der Waals surface area contributed by atoms with Crippen molar-refractivity contribution in [3.05, 3.63) is 29.3 Å². The highest BCUT2D eigenvalue weighted by molar-refractivity contribution is 7.89. The van der Waals surface area contributed by atoms with Crippen molar-refractivity contribution in [2.45, 2.75) is 56.9 Å². The van der Waals surface area contributed by atoms with Gasteiger partial charge in [-0.25, -0.2) is 13.1 Å². The lowest BCUT2D eigenvalue weighted by atomic mass is 10.0. The zero-order valence-electron chi connectivity index (χ0n) is 12.6. The van der Waals surface area contributed by atoms with Crippen molar-refractivity contribution >= 4 is 10.0 Å². The average molecular weight is 306 g/mol. The molecule has 1 aliphatic rings. The van der Waals surface area contributed by atoms with E-state index in [4.69, 9.17) is 5.26 Å². The van der Waals surface area contributed by atoms with Gasteiger partial charge in [0.1, 0.15) is 0 Å². The van der Waals surface area contributed by atoms with Crippen molar-refractivity contribution in [3.63, 3.8) is 0 Å². The van der Waals surface area contributed by atoms with Crippen LogP contribution in [0, 0.1) is 24.2 Å². The van der Waals surface area contributed by atoms with E-state index < -0.39 is 10.0 Å². The fourth-order valence-corrected chi connectivity index (χ4v) is 4.44. The van der Waals surface area contributed by atoms with Gasteiger partial charge in [-0.3, -0.25) is 0 Å². The zero-order valence-corrected chi connectivity index (χ0v) is 13.4. The smallest absolute Gasteiger partial charge is 0.208 e. The minimum Gasteiger partial charge on any atom is -0.208 e. The summed E-state index contributed by atoms with van der Waals surface area (Å²) in [4.78, 5) is 0.277. The Kier molecular flexibility index (Phi) is 5.02. The summed E-state index contributed by atoms with van der Waals surface area (Å²) in [6, 6.07) is 6.74. The Hall–Kier alpha value is -1.38. The number of hydrogen-bond donors (Lipinski definition) is 1. The van der Waals surface area contributed by atoms with E-state index in [1.54, 1.807) is 19.1 Å². The van der Waals surface area contributed by atoms with Crippen LogP contribution in [0.4, 0.5) is 0 Å². The number of nitriles is 1. The molecular formula is C16H22N2O2S. The van der Waals surface area contributed by atoms with E-state index in [1.165, 1.54) is 12.5 Å². The molecular weight excluding hydrogens is 284 g/mol. The van der Waals surface area contributed by atoms with Gasteiger partial charge in [0.05, 0.1) is 16.5 Å². The largest absolute Gasteiger partial charge is 0.241 e. The molecule has 0 bridgehead atoms. The highest BCUT2D eigenvalue weighted by Gasteiger charge is 2.24. The number of benzene rings is 1. The van der Waals surface area contributed by atoms with Gasteiger partial charge in [-0.2, -0.15) is 5.26 Å². The molecule has 5 heteroatoms. The third-order valence-corrected chi connectivity index (χ3v) is 5.85. The first kappa shape index (κ1) is 16.0. The lowest BCUT2D eigenvalue weighted by Gasteiger charge is -2.17. The first-order valence-electron chi connectivity index (χ1n) is 7.45. The summed E-state index contributed by atoms with van der Waals surface area (Å²) in [6.07, 6.45) is 5.11. The van der Waals surface area contributed by atoms with Gasteiger partial charge in [0.15, 0.2) is 0 Å². The minimum absolute atomic E-state index is 0.0231. The summed E-state index contributed by atoms with van der Waals surface area (Å²) in [5, 5.41) is 8.86. The quantitative estimate of drug-likeness (QED) is 0.872. The number of nitrogens with zero attached hydrogens (tertiary/aromatic N) is 1. The maximum atomic E-state index is 12.5. The van der Waals surface area contributed by atoms with E-state index in [0.29, 0.717) is 17.0 Å². The van der Waals surface area contributed by atoms with Crippen molar-refractivity contribution in [1.29, 1.82) is 5.26 Å². The Balaban J connectivity index is 2.17. The van der Waals surface area contributed by atoms with Crippen LogP contribution in [-0.2, 0) is 10.0 Å². The molecule has 114 valence electrons. The first-order chi connectivity index (χ1) is 9.92. The topological polar surface area (TPSA) is 70.0 Å². The zero-order chi connectivity index (χ0) is 15.5. The van der Waals surface area contributed by atoms with Gasteiger partial charge in [-0.05, 0) is 55.9 Å². The predicted octanol–water partition coefficient (Wildman–Crippen LogP) is 3.11. The summed E-state index contributed by atoms with van der Waals surface area (Å²) in [5.74, 6) is 0.677. The van der Waals surface area contributed by atoms with Crippen molar-refractivity contribution in [3.8, 4) is 6.07 Å². The summed E-state index contributed by atoms with van der Waals surface area (Å²) in [7, 11) is -3.51. The van der Waals surface area contributed by atoms with Crippen molar-refractivity contribution < 1.29 is 8.42 Å². The monoisotopic (exact) mass is 306 g/mol. The molecule has 2 unspecified atom stereocenters. The van der Waals surface area contributed by atoms with Crippen molar-refractivity contribution in [1.82, 2.24) is 4.72 Å². The maximum absolute atomic E-state index is 12.5. The van der Waals surface area contributed by atoms with Crippen LogP contribution in [0.5, 0.6) is 0 Å². The van der Waals surface area contributed by atoms with Crippen LogP contribution in [-0.4, -0.2) is 14.5 Å². The van der Waals surface area contributed by atoms with Gasteiger partial charge in [0.25, 0.3) is 0 Å². The standard InChI is InChI=1S/C16H22N2O2S/c1-12-4-3-5-15(8-6-12)18-21(19,20)16-9-7-14(11-17)10-13(16)2/h7,9-10,12,15,18H,3-6,8H2,1-2H3. The molecule has 0 heterocycles. The van der Waals surface area contributed by atoms with E-state index in [1.807, 2.05) is 6.07 Å². The molecule has 1 aromatic carbocycles. The van der Waals surface area contributed by atoms with Gasteiger partial charge >= 0.3 is 0 Å². The van der Waals surface area contributed by atoms with Crippen LogP contribution in [0.1, 0.15) is 50.2 Å². The molecule has 21 heavy (non-hydrogen) atoms. The van der Waals surface area contributed by atoms with Crippen LogP contribution in [0.25, 0.3) is 0 Å². The molecule has 1 fully saturated rings. The van der Waals surface area contributed by atoms with Crippen LogP contribution in [0.15, 0.2) is 23.1 Å². The van der Waals surface area contributed by atoms with E-state index >= 15 is 0 Å². The van der Waals surface area contributed by atoms with E-state index in [9.17, 15) is 8.42 Å². The Morgan fingerprint density at radius 3 is 2.67 bits per heavy atom. The van der Waals surface area contributed by atoms with Crippen LogP contribution in [0.3, 0.4) is 0 Å². The number of sulfonamides is 1. The molecule has 0 spiro atoms. The van der Waals surface area contributed by atoms with Gasteiger partial charge < -0.3 is 0 Å². The molecule has 4 nitrogen and oxygen atoms in total. The second kappa shape index (κ2) is 6.59. The van der Waals surface area contributed by atoms with Gasteiger partial charge in [0.2, 0.25) is 10.0 Å². The Bertz CT molecular complexity index is 647. The lowest BCUT2D eigenvalue weighted by molar-refractivity contribution is 0.484. The highest BCUT2D eigenvalue weighted by atomic mass is 32.2. The number of hydrogen-bond acceptors (Lipinski definition) is 3. The molecule has 1 aromatic rings. The summed E-state index contributed by atoms with van der Waals surface area (Å²) in [5.41, 5.74) is 1.10. The highest BCUT2D eigenvalue weighted by Crippen LogP contribution is 2.24. The van der Waals surface area contributed by atoms with E-state index in [2.05, 4.69) is 11.6 Å². The second-order valence-electron chi connectivity index (χ2n) is 6.02. The third-order valence-electron chi connectivity index (χ3n) is 4.17. The molecule has 1 N–H and O–H groups in total. The van der Waals surface area contributed by atoms with Crippen LogP contribution < -0.4 is 4.72 Å². The molecule has 0 radical (unpaired) electrons. The van der Waals surface area contributed by atoms with E-state index in [-0.39, 0.29) is 10.9 Å². The molecule has 2 atom stereocenters. The van der Waals surface area contributed by atoms with Crippen molar-refractivity contribution in [2.75, 3.05) is 0 Å². The van der Waals surface area contributed by atoms with Gasteiger partial charge in [-0.15, -0.1) is 0 Å². The maximum Gasteiger partial charge on any atom is 0.241 e. The Morgan fingerprint density at radius 1 is 1.24 bits per heavy atom. The normalized spacial score (nSPS) is 23.3. The molecule has 0 saturated heterocycles. The lowest BCUT2D eigenvalue weighted by Crippen LogP contribution is -2.34. The molecule has 0 amide bonds. The summed E-state index contributed by atoms with van der Waals surface area (Å²) < 4.78 is 27.9. The minimum atomic E-state index is -3.51.